The van der Waals surface area contributed by atoms with E-state index in [0.29, 0.717) is 13.0 Å². The Labute approximate surface area is 82.5 Å². The van der Waals surface area contributed by atoms with Crippen LogP contribution in [-0.2, 0) is 11.8 Å². The zero-order valence-corrected chi connectivity index (χ0v) is 8.40. The van der Waals surface area contributed by atoms with Crippen LogP contribution < -0.4 is 10.6 Å². The Bertz CT molecular complexity index is 371. The third-order valence-electron chi connectivity index (χ3n) is 2.43. The first kappa shape index (κ1) is 9.21. The molecule has 1 fully saturated rings. The van der Waals surface area contributed by atoms with E-state index in [0.717, 1.165) is 11.4 Å². The van der Waals surface area contributed by atoms with Crippen LogP contribution >= 0.6 is 0 Å². The number of aromatic nitrogens is 2. The lowest BCUT2D eigenvalue weighted by Crippen LogP contribution is -2.28. The summed E-state index contributed by atoms with van der Waals surface area (Å²) in [5.41, 5.74) is 7.47. The van der Waals surface area contributed by atoms with Gasteiger partial charge in [0.25, 0.3) is 0 Å². The number of carbonyl (C=O) groups excluding carboxylic acids is 1. The van der Waals surface area contributed by atoms with Crippen molar-refractivity contribution in [3.05, 3.63) is 11.9 Å². The molecular weight excluding hydrogens is 180 g/mol. The molecule has 1 saturated heterocycles. The fourth-order valence-corrected chi connectivity index (χ4v) is 1.82. The summed E-state index contributed by atoms with van der Waals surface area (Å²) < 4.78 is 1.71. The van der Waals surface area contributed by atoms with Crippen molar-refractivity contribution in [3.63, 3.8) is 0 Å². The Balaban J connectivity index is 2.31. The first-order chi connectivity index (χ1) is 6.58. The molecule has 0 saturated carbocycles. The second kappa shape index (κ2) is 3.09. The minimum absolute atomic E-state index is 0.0397. The van der Waals surface area contributed by atoms with Gasteiger partial charge in [-0.25, -0.2) is 0 Å². The number of hydrogen-bond donors (Lipinski definition) is 1. The second-order valence-corrected chi connectivity index (χ2v) is 3.74. The number of nitrogens with two attached hydrogens (primary N) is 1. The third-order valence-corrected chi connectivity index (χ3v) is 2.43. The SMILES string of the molecule is Cc1nn(C)cc1N1CC(N)CC1=O. The van der Waals surface area contributed by atoms with E-state index in [1.54, 1.807) is 9.58 Å². The van der Waals surface area contributed by atoms with Crippen molar-refractivity contribution in [1.29, 1.82) is 0 Å². The summed E-state index contributed by atoms with van der Waals surface area (Å²) in [6.45, 7) is 2.50. The van der Waals surface area contributed by atoms with E-state index in [1.807, 2.05) is 20.2 Å². The number of anilines is 1. The maximum Gasteiger partial charge on any atom is 0.228 e. The lowest BCUT2D eigenvalue weighted by atomic mass is 10.3. The van der Waals surface area contributed by atoms with E-state index < -0.39 is 0 Å². The van der Waals surface area contributed by atoms with Crippen LogP contribution in [0.2, 0.25) is 0 Å². The summed E-state index contributed by atoms with van der Waals surface area (Å²) in [6, 6.07) is -0.0397. The van der Waals surface area contributed by atoms with Gasteiger partial charge < -0.3 is 10.6 Å². The summed E-state index contributed by atoms with van der Waals surface area (Å²) in [5, 5.41) is 4.20. The van der Waals surface area contributed by atoms with E-state index in [-0.39, 0.29) is 11.9 Å². The molecule has 1 aliphatic heterocycles. The van der Waals surface area contributed by atoms with Crippen LogP contribution in [0.4, 0.5) is 5.69 Å². The predicted octanol–water partition coefficient (Wildman–Crippen LogP) is -0.207. The zero-order chi connectivity index (χ0) is 10.3. The topological polar surface area (TPSA) is 64.2 Å². The fourth-order valence-electron chi connectivity index (χ4n) is 1.82. The van der Waals surface area contributed by atoms with Gasteiger partial charge in [0, 0.05) is 32.3 Å². The summed E-state index contributed by atoms with van der Waals surface area (Å²) in [5.74, 6) is 0.0913. The maximum atomic E-state index is 11.6. The van der Waals surface area contributed by atoms with Crippen molar-refractivity contribution < 1.29 is 4.79 Å². The van der Waals surface area contributed by atoms with Gasteiger partial charge in [-0.15, -0.1) is 0 Å². The molecule has 1 aromatic heterocycles. The average molecular weight is 194 g/mol. The predicted molar refractivity (Wildman–Crippen MR) is 52.9 cm³/mol. The van der Waals surface area contributed by atoms with Crippen LogP contribution in [0.3, 0.4) is 0 Å². The van der Waals surface area contributed by atoms with E-state index in [9.17, 15) is 4.79 Å². The highest BCUT2D eigenvalue weighted by molar-refractivity contribution is 5.96. The highest BCUT2D eigenvalue weighted by Crippen LogP contribution is 2.23. The van der Waals surface area contributed by atoms with Gasteiger partial charge in [0.15, 0.2) is 0 Å². The molecule has 1 amide bonds. The van der Waals surface area contributed by atoms with Gasteiger partial charge >= 0.3 is 0 Å². The van der Waals surface area contributed by atoms with E-state index in [2.05, 4.69) is 5.10 Å². The molecule has 1 unspecified atom stereocenters. The molecule has 0 bridgehead atoms. The first-order valence-electron chi connectivity index (χ1n) is 4.64. The van der Waals surface area contributed by atoms with Crippen LogP contribution in [0.1, 0.15) is 12.1 Å². The molecule has 0 spiro atoms. The number of hydrogen-bond acceptors (Lipinski definition) is 3. The number of amides is 1. The van der Waals surface area contributed by atoms with Crippen molar-refractivity contribution in [2.45, 2.75) is 19.4 Å². The molecule has 0 aliphatic carbocycles. The molecule has 0 radical (unpaired) electrons. The van der Waals surface area contributed by atoms with Gasteiger partial charge in [0.2, 0.25) is 5.91 Å². The normalized spacial score (nSPS) is 22.1. The van der Waals surface area contributed by atoms with Crippen LogP contribution in [0.15, 0.2) is 6.20 Å². The third kappa shape index (κ3) is 1.39. The number of carbonyl (C=O) groups is 1. The van der Waals surface area contributed by atoms with Gasteiger partial charge in [0.1, 0.15) is 0 Å². The number of rotatable bonds is 1. The van der Waals surface area contributed by atoms with Gasteiger partial charge in [-0.1, -0.05) is 0 Å². The monoisotopic (exact) mass is 194 g/mol. The van der Waals surface area contributed by atoms with Crippen molar-refractivity contribution in [3.8, 4) is 0 Å². The van der Waals surface area contributed by atoms with Crippen LogP contribution in [0.5, 0.6) is 0 Å². The van der Waals surface area contributed by atoms with Crippen LogP contribution in [0.25, 0.3) is 0 Å². The Hall–Kier alpha value is -1.36. The number of nitrogens with zero attached hydrogens (tertiary/aromatic N) is 3. The molecule has 5 heteroatoms. The molecule has 2 heterocycles. The molecule has 2 rings (SSSR count). The van der Waals surface area contributed by atoms with Crippen molar-refractivity contribution in [2.24, 2.45) is 12.8 Å². The highest BCUT2D eigenvalue weighted by atomic mass is 16.2. The van der Waals surface area contributed by atoms with Crippen molar-refractivity contribution in [1.82, 2.24) is 9.78 Å². The Kier molecular flexibility index (Phi) is 2.03. The minimum Gasteiger partial charge on any atom is -0.326 e. The molecule has 1 aromatic rings. The second-order valence-electron chi connectivity index (χ2n) is 3.74. The summed E-state index contributed by atoms with van der Waals surface area (Å²) >= 11 is 0. The quantitative estimate of drug-likeness (QED) is 0.673. The molecule has 5 nitrogen and oxygen atoms in total. The van der Waals surface area contributed by atoms with E-state index >= 15 is 0 Å². The molecule has 76 valence electrons. The Morgan fingerprint density at radius 2 is 2.36 bits per heavy atom. The largest absolute Gasteiger partial charge is 0.326 e. The molecule has 1 atom stereocenters. The number of aryl methyl sites for hydroxylation is 2. The van der Waals surface area contributed by atoms with E-state index in [1.165, 1.54) is 0 Å². The molecule has 2 N–H and O–H groups in total. The Morgan fingerprint density at radius 3 is 2.79 bits per heavy atom. The lowest BCUT2D eigenvalue weighted by Gasteiger charge is -2.13. The first-order valence-corrected chi connectivity index (χ1v) is 4.64. The summed E-state index contributed by atoms with van der Waals surface area (Å²) in [4.78, 5) is 13.3. The summed E-state index contributed by atoms with van der Waals surface area (Å²) in [6.07, 6.45) is 2.29. The van der Waals surface area contributed by atoms with Gasteiger partial charge in [0.05, 0.1) is 11.4 Å². The van der Waals surface area contributed by atoms with E-state index in [4.69, 9.17) is 5.73 Å². The standard InChI is InChI=1S/C9H14N4O/c1-6-8(5-12(2)11-6)13-4-7(10)3-9(13)14/h5,7H,3-4,10H2,1-2H3. The molecule has 1 aliphatic rings. The minimum atomic E-state index is -0.0397. The van der Waals surface area contributed by atoms with Crippen molar-refractivity contribution in [2.75, 3.05) is 11.4 Å². The van der Waals surface area contributed by atoms with Gasteiger partial charge in [-0.05, 0) is 6.92 Å². The lowest BCUT2D eigenvalue weighted by molar-refractivity contribution is -0.117. The zero-order valence-electron chi connectivity index (χ0n) is 8.40. The van der Waals surface area contributed by atoms with Crippen LogP contribution in [-0.4, -0.2) is 28.3 Å². The molecule has 0 aromatic carbocycles. The fraction of sp³-hybridized carbons (Fsp3) is 0.556. The van der Waals surface area contributed by atoms with Gasteiger partial charge in [-0.3, -0.25) is 9.48 Å². The maximum absolute atomic E-state index is 11.6. The molecular formula is C9H14N4O. The Morgan fingerprint density at radius 1 is 1.64 bits per heavy atom. The van der Waals surface area contributed by atoms with Gasteiger partial charge in [-0.2, -0.15) is 5.10 Å². The van der Waals surface area contributed by atoms with Crippen molar-refractivity contribution >= 4 is 11.6 Å². The smallest absolute Gasteiger partial charge is 0.228 e. The average Bonchev–Trinajstić information content (AvgIpc) is 2.55. The highest BCUT2D eigenvalue weighted by Gasteiger charge is 2.29. The molecule has 14 heavy (non-hydrogen) atoms. The van der Waals surface area contributed by atoms with Crippen LogP contribution in [0, 0.1) is 6.92 Å². The summed E-state index contributed by atoms with van der Waals surface area (Å²) in [7, 11) is 1.84.